The van der Waals surface area contributed by atoms with Gasteiger partial charge >= 0.3 is 5.91 Å². The van der Waals surface area contributed by atoms with E-state index in [9.17, 15) is 19.1 Å². The third kappa shape index (κ3) is 2.89. The first-order chi connectivity index (χ1) is 13.1. The molecule has 1 aromatic heterocycles. The number of aromatic nitrogens is 2. The molecule has 0 unspecified atom stereocenters. The standard InChI is InChI=1S/C19H12FN3O3S/c20-13-8-6-11(7-9-13)15-14(16(24)12-4-2-1-3-5-12)17(25)18(26)23(15)19-22-21-10-27-19/h1-10,15,24H/t15-/m1/s1. The Morgan fingerprint density at radius 2 is 1.78 bits per heavy atom. The highest BCUT2D eigenvalue weighted by Crippen LogP contribution is 2.42. The Bertz CT molecular complexity index is 1030. The number of aliphatic hydroxyl groups excluding tert-OH is 1. The molecule has 1 amide bonds. The summed E-state index contributed by atoms with van der Waals surface area (Å²) in [5.74, 6) is -2.40. The lowest BCUT2D eigenvalue weighted by atomic mass is 9.95. The summed E-state index contributed by atoms with van der Waals surface area (Å²) in [7, 11) is 0. The van der Waals surface area contributed by atoms with E-state index in [0.29, 0.717) is 11.1 Å². The number of aliphatic hydroxyl groups is 1. The van der Waals surface area contributed by atoms with Crippen molar-refractivity contribution in [2.75, 3.05) is 4.90 Å². The van der Waals surface area contributed by atoms with Crippen LogP contribution in [0, 0.1) is 5.82 Å². The summed E-state index contributed by atoms with van der Waals surface area (Å²) in [6, 6.07) is 12.9. The molecular weight excluding hydrogens is 369 g/mol. The Balaban J connectivity index is 1.94. The number of Topliss-reactive ketones (excluding diaryl/α,β-unsaturated/α-hetero) is 1. The monoisotopic (exact) mass is 381 g/mol. The molecule has 2 heterocycles. The van der Waals surface area contributed by atoms with Gasteiger partial charge in [0, 0.05) is 5.56 Å². The van der Waals surface area contributed by atoms with Crippen molar-refractivity contribution in [3.63, 3.8) is 0 Å². The first-order valence-electron chi connectivity index (χ1n) is 7.96. The highest BCUT2D eigenvalue weighted by atomic mass is 32.1. The van der Waals surface area contributed by atoms with Crippen molar-refractivity contribution < 1.29 is 19.1 Å². The third-order valence-electron chi connectivity index (χ3n) is 4.23. The number of hydrogen-bond donors (Lipinski definition) is 1. The van der Waals surface area contributed by atoms with Crippen LogP contribution in [0.3, 0.4) is 0 Å². The Kier molecular flexibility index (Phi) is 4.25. The molecule has 1 saturated heterocycles. The molecule has 1 N–H and O–H groups in total. The lowest BCUT2D eigenvalue weighted by Crippen LogP contribution is -2.29. The molecule has 1 atom stereocenters. The van der Waals surface area contributed by atoms with Crippen molar-refractivity contribution in [1.82, 2.24) is 10.2 Å². The second-order valence-corrected chi connectivity index (χ2v) is 6.62. The number of anilines is 1. The zero-order valence-corrected chi connectivity index (χ0v) is 14.6. The van der Waals surface area contributed by atoms with Crippen molar-refractivity contribution in [3.05, 3.63) is 82.6 Å². The topological polar surface area (TPSA) is 83.4 Å². The number of benzene rings is 2. The zero-order chi connectivity index (χ0) is 19.0. The second-order valence-electron chi connectivity index (χ2n) is 5.81. The molecule has 6 nitrogen and oxygen atoms in total. The summed E-state index contributed by atoms with van der Waals surface area (Å²) in [5.41, 5.74) is 2.24. The lowest BCUT2D eigenvalue weighted by Gasteiger charge is -2.22. The van der Waals surface area contributed by atoms with E-state index >= 15 is 0 Å². The van der Waals surface area contributed by atoms with Gasteiger partial charge in [-0.2, -0.15) is 0 Å². The van der Waals surface area contributed by atoms with Gasteiger partial charge in [0.2, 0.25) is 5.13 Å². The minimum Gasteiger partial charge on any atom is -0.507 e. The Labute approximate surface area is 157 Å². The maximum Gasteiger partial charge on any atom is 0.301 e. The van der Waals surface area contributed by atoms with Crippen molar-refractivity contribution in [1.29, 1.82) is 0 Å². The second kappa shape index (κ2) is 6.73. The van der Waals surface area contributed by atoms with E-state index < -0.39 is 23.5 Å². The van der Waals surface area contributed by atoms with Gasteiger partial charge in [-0.15, -0.1) is 10.2 Å². The average molecular weight is 381 g/mol. The molecule has 0 radical (unpaired) electrons. The van der Waals surface area contributed by atoms with E-state index in [0.717, 1.165) is 11.3 Å². The highest BCUT2D eigenvalue weighted by molar-refractivity contribution is 7.13. The average Bonchev–Trinajstić information content (AvgIpc) is 3.30. The number of carbonyl (C=O) groups excluding carboxylic acids is 2. The third-order valence-corrected chi connectivity index (χ3v) is 4.92. The van der Waals surface area contributed by atoms with Crippen LogP contribution in [0.2, 0.25) is 0 Å². The van der Waals surface area contributed by atoms with Gasteiger partial charge in [0.05, 0.1) is 11.6 Å². The molecule has 2 aromatic carbocycles. The Morgan fingerprint density at radius 1 is 1.07 bits per heavy atom. The van der Waals surface area contributed by atoms with Crippen LogP contribution >= 0.6 is 11.3 Å². The zero-order valence-electron chi connectivity index (χ0n) is 13.7. The number of carbonyl (C=O) groups is 2. The van der Waals surface area contributed by atoms with Crippen LogP contribution in [0.25, 0.3) is 5.76 Å². The van der Waals surface area contributed by atoms with E-state index in [1.807, 2.05) is 0 Å². The fraction of sp³-hybridized carbons (Fsp3) is 0.0526. The largest absolute Gasteiger partial charge is 0.507 e. The number of rotatable bonds is 3. The maximum absolute atomic E-state index is 13.4. The molecule has 1 aliphatic rings. The van der Waals surface area contributed by atoms with Gasteiger partial charge in [-0.3, -0.25) is 14.5 Å². The molecule has 4 rings (SSSR count). The molecule has 0 saturated carbocycles. The van der Waals surface area contributed by atoms with Crippen LogP contribution in [0.15, 0.2) is 65.7 Å². The lowest BCUT2D eigenvalue weighted by molar-refractivity contribution is -0.132. The maximum atomic E-state index is 13.4. The molecule has 1 aliphatic heterocycles. The summed E-state index contributed by atoms with van der Waals surface area (Å²) >= 11 is 1.09. The van der Waals surface area contributed by atoms with Crippen molar-refractivity contribution in [3.8, 4) is 0 Å². The van der Waals surface area contributed by atoms with Crippen LogP contribution in [0.4, 0.5) is 9.52 Å². The molecule has 27 heavy (non-hydrogen) atoms. The van der Waals surface area contributed by atoms with Gasteiger partial charge in [-0.25, -0.2) is 4.39 Å². The molecule has 0 aliphatic carbocycles. The summed E-state index contributed by atoms with van der Waals surface area (Å²) in [6.07, 6.45) is 0. The molecular formula is C19H12FN3O3S. The van der Waals surface area contributed by atoms with Gasteiger partial charge < -0.3 is 5.11 Å². The van der Waals surface area contributed by atoms with E-state index in [2.05, 4.69) is 10.2 Å². The smallest absolute Gasteiger partial charge is 0.301 e. The minimum absolute atomic E-state index is 0.0759. The predicted octanol–water partition coefficient (Wildman–Crippen LogP) is 3.30. The SMILES string of the molecule is O=C1C(=O)N(c2nncs2)[C@H](c2ccc(F)cc2)C1=C(O)c1ccccc1. The van der Waals surface area contributed by atoms with Crippen LogP contribution in [-0.4, -0.2) is 27.0 Å². The quantitative estimate of drug-likeness (QED) is 0.428. The number of halogens is 1. The molecule has 0 spiro atoms. The van der Waals surface area contributed by atoms with Crippen LogP contribution in [-0.2, 0) is 9.59 Å². The van der Waals surface area contributed by atoms with Gasteiger partial charge in [-0.1, -0.05) is 53.8 Å². The molecule has 0 bridgehead atoms. The van der Waals surface area contributed by atoms with Gasteiger partial charge in [0.25, 0.3) is 5.78 Å². The Morgan fingerprint density at radius 3 is 2.41 bits per heavy atom. The van der Waals surface area contributed by atoms with E-state index in [1.165, 1.54) is 34.7 Å². The fourth-order valence-corrected chi connectivity index (χ4v) is 3.60. The highest BCUT2D eigenvalue weighted by Gasteiger charge is 2.48. The first kappa shape index (κ1) is 17.0. The van der Waals surface area contributed by atoms with E-state index in [1.54, 1.807) is 30.3 Å². The number of hydrogen-bond acceptors (Lipinski definition) is 6. The number of ketones is 1. The van der Waals surface area contributed by atoms with Crippen molar-refractivity contribution in [2.24, 2.45) is 0 Å². The Hall–Kier alpha value is -3.39. The number of amides is 1. The molecule has 1 fully saturated rings. The fourth-order valence-electron chi connectivity index (χ4n) is 3.01. The summed E-state index contributed by atoms with van der Waals surface area (Å²) in [4.78, 5) is 26.6. The normalized spacial score (nSPS) is 18.9. The summed E-state index contributed by atoms with van der Waals surface area (Å²) < 4.78 is 13.4. The minimum atomic E-state index is -0.932. The summed E-state index contributed by atoms with van der Waals surface area (Å²) in [6.45, 7) is 0. The van der Waals surface area contributed by atoms with Crippen LogP contribution in [0.1, 0.15) is 17.2 Å². The molecule has 3 aromatic rings. The number of nitrogens with zero attached hydrogens (tertiary/aromatic N) is 3. The first-order valence-corrected chi connectivity index (χ1v) is 8.84. The molecule has 134 valence electrons. The van der Waals surface area contributed by atoms with Crippen LogP contribution in [0.5, 0.6) is 0 Å². The van der Waals surface area contributed by atoms with Gasteiger partial charge in [0.1, 0.15) is 17.1 Å². The van der Waals surface area contributed by atoms with Crippen molar-refractivity contribution in [2.45, 2.75) is 6.04 Å². The predicted molar refractivity (Wildman–Crippen MR) is 97.5 cm³/mol. The van der Waals surface area contributed by atoms with E-state index in [4.69, 9.17) is 0 Å². The van der Waals surface area contributed by atoms with E-state index in [-0.39, 0.29) is 16.5 Å². The summed E-state index contributed by atoms with van der Waals surface area (Å²) in [5, 5.41) is 18.6. The van der Waals surface area contributed by atoms with Gasteiger partial charge in [0.15, 0.2) is 0 Å². The van der Waals surface area contributed by atoms with Gasteiger partial charge in [-0.05, 0) is 17.7 Å². The molecule has 8 heteroatoms. The van der Waals surface area contributed by atoms with Crippen molar-refractivity contribution >= 4 is 33.9 Å². The van der Waals surface area contributed by atoms with Crippen LogP contribution < -0.4 is 4.90 Å².